The van der Waals surface area contributed by atoms with Crippen LogP contribution in [0.1, 0.15) is 42.3 Å². The summed E-state index contributed by atoms with van der Waals surface area (Å²) in [4.78, 5) is 13.3. The maximum absolute atomic E-state index is 12.6. The van der Waals surface area contributed by atoms with Crippen LogP contribution in [-0.2, 0) is 0 Å². The highest BCUT2D eigenvalue weighted by atomic mass is 35.5. The number of thiophene rings is 1. The van der Waals surface area contributed by atoms with Crippen molar-refractivity contribution >= 4 is 38.9 Å². The van der Waals surface area contributed by atoms with E-state index in [0.717, 1.165) is 21.9 Å². The van der Waals surface area contributed by atoms with Gasteiger partial charge in [-0.15, -0.1) is 11.3 Å². The number of halogens is 1. The Morgan fingerprint density at radius 2 is 2.14 bits per heavy atom. The first kappa shape index (κ1) is 14.5. The summed E-state index contributed by atoms with van der Waals surface area (Å²) in [6.07, 6.45) is 5.39. The molecule has 4 atom stereocenters. The predicted molar refractivity (Wildman–Crippen MR) is 92.7 cm³/mol. The third-order valence-electron chi connectivity index (χ3n) is 5.53. The summed E-state index contributed by atoms with van der Waals surface area (Å²) >= 11 is 7.90. The van der Waals surface area contributed by atoms with Crippen LogP contribution in [0, 0.1) is 17.8 Å². The van der Waals surface area contributed by atoms with Crippen molar-refractivity contribution in [2.24, 2.45) is 17.8 Å². The van der Waals surface area contributed by atoms with Gasteiger partial charge in [-0.25, -0.2) is 0 Å². The molecule has 0 radical (unpaired) electrons. The summed E-state index contributed by atoms with van der Waals surface area (Å²) < 4.78 is 1.07. The van der Waals surface area contributed by atoms with E-state index in [4.69, 9.17) is 11.6 Å². The zero-order chi connectivity index (χ0) is 15.3. The van der Waals surface area contributed by atoms with Crippen molar-refractivity contribution in [3.8, 4) is 0 Å². The van der Waals surface area contributed by atoms with Gasteiger partial charge in [-0.1, -0.05) is 36.2 Å². The smallest absolute Gasteiger partial charge is 0.263 e. The number of nitrogens with one attached hydrogen (secondary N) is 1. The molecule has 2 saturated carbocycles. The number of amides is 1. The molecule has 0 spiro atoms. The van der Waals surface area contributed by atoms with Gasteiger partial charge in [0.05, 0.1) is 5.02 Å². The number of hydrogen-bond acceptors (Lipinski definition) is 2. The molecule has 2 aliphatic carbocycles. The highest BCUT2D eigenvalue weighted by Gasteiger charge is 2.42. The van der Waals surface area contributed by atoms with Crippen molar-refractivity contribution in [2.45, 2.75) is 38.6 Å². The van der Waals surface area contributed by atoms with Gasteiger partial charge < -0.3 is 5.32 Å². The second kappa shape index (κ2) is 5.54. The minimum atomic E-state index is -0.0125. The summed E-state index contributed by atoms with van der Waals surface area (Å²) in [6, 6.07) is 8.17. The lowest BCUT2D eigenvalue weighted by Crippen LogP contribution is -2.39. The monoisotopic (exact) mass is 333 g/mol. The van der Waals surface area contributed by atoms with Crippen molar-refractivity contribution in [2.75, 3.05) is 0 Å². The Hall–Kier alpha value is -1.06. The molecule has 2 fully saturated rings. The van der Waals surface area contributed by atoms with Gasteiger partial charge in [-0.05, 0) is 50.0 Å². The van der Waals surface area contributed by atoms with Crippen molar-refractivity contribution in [1.82, 2.24) is 5.32 Å². The number of carbonyl (C=O) groups excluding carboxylic acids is 1. The first-order valence-corrected chi connectivity index (χ1v) is 9.31. The van der Waals surface area contributed by atoms with Gasteiger partial charge in [0.15, 0.2) is 0 Å². The molecule has 1 heterocycles. The molecule has 4 rings (SSSR count). The van der Waals surface area contributed by atoms with Crippen molar-refractivity contribution in [3.05, 3.63) is 34.2 Å². The minimum Gasteiger partial charge on any atom is -0.349 e. The Kier molecular flexibility index (Phi) is 3.66. The van der Waals surface area contributed by atoms with Gasteiger partial charge in [-0.2, -0.15) is 0 Å². The lowest BCUT2D eigenvalue weighted by atomic mass is 9.84. The fourth-order valence-corrected chi connectivity index (χ4v) is 5.87. The van der Waals surface area contributed by atoms with Gasteiger partial charge >= 0.3 is 0 Å². The van der Waals surface area contributed by atoms with Gasteiger partial charge in [0.25, 0.3) is 5.91 Å². The zero-order valence-corrected chi connectivity index (χ0v) is 14.2. The molecule has 4 heteroatoms. The molecule has 0 aliphatic heterocycles. The standard InChI is InChI=1S/C18H20ClNOS/c1-10(14-9-11-6-7-12(14)8-11)20-18(21)17-16(19)13-4-2-3-5-15(13)22-17/h2-5,10-12,14H,6-9H2,1H3,(H,20,21)/t10-,11+,12+,14+/m1/s1. The average molecular weight is 334 g/mol. The molecular weight excluding hydrogens is 314 g/mol. The summed E-state index contributed by atoms with van der Waals surface area (Å²) in [6.45, 7) is 2.16. The fraction of sp³-hybridized carbons (Fsp3) is 0.500. The van der Waals surface area contributed by atoms with Crippen LogP contribution >= 0.6 is 22.9 Å². The van der Waals surface area contributed by atoms with E-state index < -0.39 is 0 Å². The van der Waals surface area contributed by atoms with E-state index in [1.807, 2.05) is 24.3 Å². The Morgan fingerprint density at radius 1 is 1.32 bits per heavy atom. The van der Waals surface area contributed by atoms with Crippen LogP contribution in [0.15, 0.2) is 24.3 Å². The molecule has 2 bridgehead atoms. The third-order valence-corrected chi connectivity index (χ3v) is 7.21. The largest absolute Gasteiger partial charge is 0.349 e. The Morgan fingerprint density at radius 3 is 2.82 bits per heavy atom. The van der Waals surface area contributed by atoms with Gasteiger partial charge in [-0.3, -0.25) is 4.79 Å². The van der Waals surface area contributed by atoms with Crippen LogP contribution in [-0.4, -0.2) is 11.9 Å². The molecule has 1 N–H and O–H groups in total. The van der Waals surface area contributed by atoms with Gasteiger partial charge in [0, 0.05) is 16.1 Å². The van der Waals surface area contributed by atoms with E-state index in [9.17, 15) is 4.79 Å². The maximum Gasteiger partial charge on any atom is 0.263 e. The zero-order valence-electron chi connectivity index (χ0n) is 12.6. The quantitative estimate of drug-likeness (QED) is 0.830. The molecule has 2 aliphatic rings. The Bertz CT molecular complexity index is 725. The molecule has 1 aromatic carbocycles. The lowest BCUT2D eigenvalue weighted by Gasteiger charge is -2.28. The number of carbonyl (C=O) groups is 1. The van der Waals surface area contributed by atoms with Crippen LogP contribution in [0.3, 0.4) is 0 Å². The lowest BCUT2D eigenvalue weighted by molar-refractivity contribution is 0.0919. The van der Waals surface area contributed by atoms with Crippen LogP contribution < -0.4 is 5.32 Å². The third kappa shape index (κ3) is 2.35. The summed E-state index contributed by atoms with van der Waals surface area (Å²) in [5.41, 5.74) is 0. The van der Waals surface area contributed by atoms with Crippen molar-refractivity contribution < 1.29 is 4.79 Å². The second-order valence-electron chi connectivity index (χ2n) is 6.84. The van der Waals surface area contributed by atoms with E-state index in [1.165, 1.54) is 37.0 Å². The van der Waals surface area contributed by atoms with E-state index in [2.05, 4.69) is 12.2 Å². The molecule has 22 heavy (non-hydrogen) atoms. The summed E-state index contributed by atoms with van der Waals surface area (Å²) in [7, 11) is 0. The molecular formula is C18H20ClNOS. The van der Waals surface area contributed by atoms with Crippen LogP contribution in [0.2, 0.25) is 5.02 Å². The van der Waals surface area contributed by atoms with Crippen LogP contribution in [0.4, 0.5) is 0 Å². The molecule has 2 nitrogen and oxygen atoms in total. The van der Waals surface area contributed by atoms with E-state index in [-0.39, 0.29) is 11.9 Å². The van der Waals surface area contributed by atoms with E-state index >= 15 is 0 Å². The molecule has 1 aromatic heterocycles. The average Bonchev–Trinajstić information content (AvgIpc) is 3.22. The van der Waals surface area contributed by atoms with Crippen LogP contribution in [0.25, 0.3) is 10.1 Å². The van der Waals surface area contributed by atoms with Crippen molar-refractivity contribution in [1.29, 1.82) is 0 Å². The van der Waals surface area contributed by atoms with E-state index in [0.29, 0.717) is 15.8 Å². The molecule has 0 unspecified atom stereocenters. The predicted octanol–water partition coefficient (Wildman–Crippen LogP) is 5.11. The summed E-state index contributed by atoms with van der Waals surface area (Å²) in [5, 5.41) is 4.79. The normalized spacial score (nSPS) is 28.2. The number of benzene rings is 1. The first-order chi connectivity index (χ1) is 10.6. The maximum atomic E-state index is 12.6. The van der Waals surface area contributed by atoms with Crippen LogP contribution in [0.5, 0.6) is 0 Å². The minimum absolute atomic E-state index is 0.0125. The second-order valence-corrected chi connectivity index (χ2v) is 8.27. The van der Waals surface area contributed by atoms with Gasteiger partial charge in [0.2, 0.25) is 0 Å². The Balaban J connectivity index is 1.52. The number of fused-ring (bicyclic) bond motifs is 3. The first-order valence-electron chi connectivity index (χ1n) is 8.11. The van der Waals surface area contributed by atoms with Gasteiger partial charge in [0.1, 0.15) is 4.88 Å². The number of rotatable bonds is 3. The molecule has 0 saturated heterocycles. The highest BCUT2D eigenvalue weighted by molar-refractivity contribution is 7.21. The SMILES string of the molecule is C[C@@H](NC(=O)c1sc2ccccc2c1Cl)[C@@H]1C[C@H]2CC[C@H]1C2. The fourth-order valence-electron chi connectivity index (χ4n) is 4.45. The molecule has 116 valence electrons. The van der Waals surface area contributed by atoms with E-state index in [1.54, 1.807) is 0 Å². The topological polar surface area (TPSA) is 29.1 Å². The van der Waals surface area contributed by atoms with Crippen molar-refractivity contribution in [3.63, 3.8) is 0 Å². The number of hydrogen-bond donors (Lipinski definition) is 1. The molecule has 2 aromatic rings. The molecule has 1 amide bonds. The highest BCUT2D eigenvalue weighted by Crippen LogP contribution is 2.49. The Labute approximate surface area is 139 Å². The summed E-state index contributed by atoms with van der Waals surface area (Å²) in [5.74, 6) is 2.36.